The van der Waals surface area contributed by atoms with Crippen molar-refractivity contribution in [1.82, 2.24) is 0 Å². The van der Waals surface area contributed by atoms with Crippen molar-refractivity contribution >= 4 is 13.8 Å². The number of unbranched alkanes of at least 4 members (excludes halogenated alkanes) is 18. The molecule has 0 aromatic heterocycles. The van der Waals surface area contributed by atoms with E-state index >= 15 is 0 Å². The van der Waals surface area contributed by atoms with Gasteiger partial charge in [-0.05, 0) is 51.4 Å². The van der Waals surface area contributed by atoms with Crippen LogP contribution in [0.3, 0.4) is 0 Å². The second-order valence-electron chi connectivity index (χ2n) is 15.2. The monoisotopic (exact) mass is 819 g/mol. The van der Waals surface area contributed by atoms with Gasteiger partial charge in [0.15, 0.2) is 0 Å². The quantitative estimate of drug-likeness (QED) is 0.0154. The fourth-order valence-corrected chi connectivity index (χ4v) is 7.45. The lowest BCUT2D eigenvalue weighted by Crippen LogP contribution is -2.64. The molecule has 0 heterocycles. The first-order chi connectivity index (χ1) is 27.0. The maximum Gasteiger partial charge on any atom is 0.472 e. The molecule has 6 unspecified atom stereocenters. The Morgan fingerprint density at radius 1 is 0.571 bits per heavy atom. The van der Waals surface area contributed by atoms with Crippen molar-refractivity contribution in [2.75, 3.05) is 19.8 Å². The SMILES string of the molecule is CCCCC/C=C\C/C=C\C/C=C\CCCCC(=O)O[C@H](COCCCCCCCCCCCCCCCC)COP(=O)(O)OC1C(O)C(O)C(O)[C@@H](O)C1O. The topological polar surface area (TPSA) is 192 Å². The Kier molecular flexibility index (Phi) is 32.3. The molecule has 1 aliphatic rings. The van der Waals surface area contributed by atoms with E-state index in [0.717, 1.165) is 51.4 Å². The smallest absolute Gasteiger partial charge is 0.457 e. The van der Waals surface area contributed by atoms with Gasteiger partial charge in [-0.1, -0.05) is 147 Å². The highest BCUT2D eigenvalue weighted by Crippen LogP contribution is 2.47. The van der Waals surface area contributed by atoms with Gasteiger partial charge in [-0.3, -0.25) is 13.8 Å². The van der Waals surface area contributed by atoms with Crippen LogP contribution in [0.5, 0.6) is 0 Å². The van der Waals surface area contributed by atoms with Crippen molar-refractivity contribution in [3.8, 4) is 0 Å². The van der Waals surface area contributed by atoms with Gasteiger partial charge < -0.3 is 39.9 Å². The number of phosphoric acid groups is 1. The van der Waals surface area contributed by atoms with Gasteiger partial charge in [0.1, 0.15) is 42.7 Å². The molecule has 1 saturated carbocycles. The Bertz CT molecular complexity index is 1070. The van der Waals surface area contributed by atoms with E-state index in [1.807, 2.05) is 0 Å². The van der Waals surface area contributed by atoms with Crippen LogP contribution in [0.15, 0.2) is 36.5 Å². The van der Waals surface area contributed by atoms with Crippen molar-refractivity contribution < 1.29 is 58.3 Å². The van der Waals surface area contributed by atoms with Crippen LogP contribution in [-0.2, 0) is 27.9 Å². The highest BCUT2D eigenvalue weighted by Gasteiger charge is 2.51. The third-order valence-corrected chi connectivity index (χ3v) is 11.0. The molecule has 0 spiro atoms. The first-order valence-electron chi connectivity index (χ1n) is 21.8. The molecule has 12 nitrogen and oxygen atoms in total. The second kappa shape index (κ2) is 34.4. The Hall–Kier alpha value is -1.44. The molecule has 56 heavy (non-hydrogen) atoms. The first kappa shape index (κ1) is 52.6. The lowest BCUT2D eigenvalue weighted by atomic mass is 9.85. The molecule has 0 bridgehead atoms. The number of hydrogen-bond donors (Lipinski definition) is 6. The molecule has 0 aromatic carbocycles. The molecular weight excluding hydrogens is 739 g/mol. The van der Waals surface area contributed by atoms with E-state index in [9.17, 15) is 39.8 Å². The average molecular weight is 819 g/mol. The van der Waals surface area contributed by atoms with E-state index in [0.29, 0.717) is 13.0 Å². The average Bonchev–Trinajstić information content (AvgIpc) is 3.18. The lowest BCUT2D eigenvalue weighted by Gasteiger charge is -2.41. The molecule has 1 aliphatic carbocycles. The minimum absolute atomic E-state index is 0.0899. The molecule has 1 fully saturated rings. The summed E-state index contributed by atoms with van der Waals surface area (Å²) in [5.41, 5.74) is 0. The van der Waals surface area contributed by atoms with Gasteiger partial charge in [-0.15, -0.1) is 0 Å². The first-order valence-corrected chi connectivity index (χ1v) is 23.3. The van der Waals surface area contributed by atoms with Gasteiger partial charge in [-0.25, -0.2) is 4.57 Å². The van der Waals surface area contributed by atoms with Crippen LogP contribution in [0.2, 0.25) is 0 Å². The minimum Gasteiger partial charge on any atom is -0.457 e. The molecule has 0 aliphatic heterocycles. The third kappa shape index (κ3) is 26.5. The van der Waals surface area contributed by atoms with Crippen LogP contribution in [0.1, 0.15) is 168 Å². The summed E-state index contributed by atoms with van der Waals surface area (Å²) < 4.78 is 34.1. The van der Waals surface area contributed by atoms with Crippen LogP contribution >= 0.6 is 7.82 Å². The largest absolute Gasteiger partial charge is 0.472 e. The van der Waals surface area contributed by atoms with Crippen LogP contribution in [-0.4, -0.2) is 98.9 Å². The van der Waals surface area contributed by atoms with Crippen LogP contribution < -0.4 is 0 Å². The number of allylic oxidation sites excluding steroid dienone is 6. The highest BCUT2D eigenvalue weighted by molar-refractivity contribution is 7.47. The number of aliphatic hydroxyl groups is 5. The van der Waals surface area contributed by atoms with E-state index < -0.39 is 63.1 Å². The summed E-state index contributed by atoms with van der Waals surface area (Å²) in [6.07, 6.45) is 26.5. The predicted molar refractivity (Wildman–Crippen MR) is 221 cm³/mol. The van der Waals surface area contributed by atoms with Gasteiger partial charge in [0.2, 0.25) is 0 Å². The zero-order valence-corrected chi connectivity index (χ0v) is 35.6. The van der Waals surface area contributed by atoms with Crippen LogP contribution in [0.4, 0.5) is 0 Å². The maximum atomic E-state index is 12.8. The van der Waals surface area contributed by atoms with Crippen molar-refractivity contribution in [2.45, 2.75) is 211 Å². The molecule has 0 aromatic rings. The summed E-state index contributed by atoms with van der Waals surface area (Å²) in [4.78, 5) is 23.1. The van der Waals surface area contributed by atoms with E-state index in [1.165, 1.54) is 89.9 Å². The minimum atomic E-state index is -5.02. The van der Waals surface area contributed by atoms with Crippen molar-refractivity contribution in [2.24, 2.45) is 0 Å². The van der Waals surface area contributed by atoms with E-state index in [4.69, 9.17) is 18.5 Å². The second-order valence-corrected chi connectivity index (χ2v) is 16.6. The van der Waals surface area contributed by atoms with Gasteiger partial charge in [0.05, 0.1) is 13.2 Å². The molecule has 13 heteroatoms. The summed E-state index contributed by atoms with van der Waals surface area (Å²) in [7, 11) is -5.02. The van der Waals surface area contributed by atoms with Gasteiger partial charge in [-0.2, -0.15) is 0 Å². The summed E-state index contributed by atoms with van der Waals surface area (Å²) in [6, 6.07) is 0. The number of aliphatic hydroxyl groups excluding tert-OH is 5. The maximum absolute atomic E-state index is 12.8. The lowest BCUT2D eigenvalue weighted by molar-refractivity contribution is -0.220. The van der Waals surface area contributed by atoms with Crippen LogP contribution in [0, 0.1) is 0 Å². The van der Waals surface area contributed by atoms with Crippen molar-refractivity contribution in [3.63, 3.8) is 0 Å². The van der Waals surface area contributed by atoms with Crippen molar-refractivity contribution in [1.29, 1.82) is 0 Å². The summed E-state index contributed by atoms with van der Waals surface area (Å²) >= 11 is 0. The molecule has 328 valence electrons. The van der Waals surface area contributed by atoms with Gasteiger partial charge in [0.25, 0.3) is 0 Å². The number of ether oxygens (including phenoxy) is 2. The Morgan fingerprint density at radius 3 is 1.52 bits per heavy atom. The number of carbonyl (C=O) groups excluding carboxylic acids is 1. The van der Waals surface area contributed by atoms with E-state index in [-0.39, 0.29) is 13.0 Å². The molecule has 0 amide bonds. The number of esters is 1. The Labute approximate surface area is 338 Å². The molecular formula is C43H79O12P. The van der Waals surface area contributed by atoms with Gasteiger partial charge >= 0.3 is 13.8 Å². The number of phosphoric ester groups is 1. The number of carbonyl (C=O) groups is 1. The normalized spacial score (nSPS) is 23.4. The number of rotatable bonds is 36. The summed E-state index contributed by atoms with van der Waals surface area (Å²) in [5.74, 6) is -0.514. The zero-order chi connectivity index (χ0) is 41.3. The zero-order valence-electron chi connectivity index (χ0n) is 34.7. The number of hydrogen-bond acceptors (Lipinski definition) is 11. The fraction of sp³-hybridized carbons (Fsp3) is 0.837. The Balaban J connectivity index is 2.46. The van der Waals surface area contributed by atoms with Crippen molar-refractivity contribution in [3.05, 3.63) is 36.5 Å². The molecule has 6 N–H and O–H groups in total. The molecule has 8 atom stereocenters. The van der Waals surface area contributed by atoms with Crippen LogP contribution in [0.25, 0.3) is 0 Å². The predicted octanol–water partition coefficient (Wildman–Crippen LogP) is 8.31. The van der Waals surface area contributed by atoms with E-state index in [2.05, 4.69) is 50.3 Å². The summed E-state index contributed by atoms with van der Waals surface area (Å²) in [6.45, 7) is 4.18. The van der Waals surface area contributed by atoms with Gasteiger partial charge in [0, 0.05) is 13.0 Å². The molecule has 1 rings (SSSR count). The standard InChI is InChI=1S/C43H79O12P/c1-3-5-7-9-11-13-15-17-19-20-22-24-26-28-30-32-37(44)54-36(34-52-33-31-29-27-25-23-21-18-16-14-12-10-8-6-4-2)35-53-56(50,51)55-43-41(48)39(46)38(45)40(47)42(43)49/h11,13,17,19,22,24,36,38-43,45-49H,3-10,12,14-16,18,20-21,23,25-35H2,1-2H3,(H,50,51)/b13-11-,19-17-,24-22-/t36-,38?,39-,40?,41?,42?,43?/m1/s1. The Morgan fingerprint density at radius 2 is 1.00 bits per heavy atom. The third-order valence-electron chi connectivity index (χ3n) is 10.0. The van der Waals surface area contributed by atoms with E-state index in [1.54, 1.807) is 0 Å². The molecule has 0 radical (unpaired) electrons. The highest BCUT2D eigenvalue weighted by atomic mass is 31.2. The summed E-state index contributed by atoms with van der Waals surface area (Å²) in [5, 5.41) is 50.1. The molecule has 0 saturated heterocycles. The fourth-order valence-electron chi connectivity index (χ4n) is 6.48.